The molecular formula is C20H28O3. The van der Waals surface area contributed by atoms with Gasteiger partial charge in [0.25, 0.3) is 0 Å². The van der Waals surface area contributed by atoms with Crippen LogP contribution in [0.4, 0.5) is 0 Å². The first-order chi connectivity index (χ1) is 11.1. The summed E-state index contributed by atoms with van der Waals surface area (Å²) in [5.41, 5.74) is 1.21. The predicted octanol–water partition coefficient (Wildman–Crippen LogP) is 6.14. The van der Waals surface area contributed by atoms with E-state index < -0.39 is 0 Å². The maximum atomic E-state index is 5.23. The SMILES string of the molecule is CCc1cc(C)co1.CCc1ccc(C)o1.CCc1ccco1. The van der Waals surface area contributed by atoms with Crippen molar-refractivity contribution in [1.29, 1.82) is 0 Å². The summed E-state index contributed by atoms with van der Waals surface area (Å²) in [7, 11) is 0. The van der Waals surface area contributed by atoms with Gasteiger partial charge in [0.15, 0.2) is 0 Å². The molecule has 3 heteroatoms. The molecule has 0 aliphatic heterocycles. The van der Waals surface area contributed by atoms with Crippen molar-refractivity contribution in [3.63, 3.8) is 0 Å². The molecule has 0 amide bonds. The van der Waals surface area contributed by atoms with Gasteiger partial charge in [0.2, 0.25) is 0 Å². The normalized spacial score (nSPS) is 9.61. The van der Waals surface area contributed by atoms with Gasteiger partial charge in [-0.05, 0) is 49.7 Å². The van der Waals surface area contributed by atoms with Crippen molar-refractivity contribution in [2.24, 2.45) is 0 Å². The molecule has 0 spiro atoms. The van der Waals surface area contributed by atoms with E-state index in [9.17, 15) is 0 Å². The van der Waals surface area contributed by atoms with Crippen LogP contribution < -0.4 is 0 Å². The van der Waals surface area contributed by atoms with Crippen LogP contribution in [0.25, 0.3) is 0 Å². The molecule has 0 saturated heterocycles. The molecule has 0 unspecified atom stereocenters. The van der Waals surface area contributed by atoms with Gasteiger partial charge in [0, 0.05) is 19.3 Å². The Hall–Kier alpha value is -2.16. The molecule has 0 bridgehead atoms. The molecule has 23 heavy (non-hydrogen) atoms. The zero-order valence-electron chi connectivity index (χ0n) is 14.9. The van der Waals surface area contributed by atoms with Crippen LogP contribution in [-0.2, 0) is 19.3 Å². The molecule has 3 aromatic rings. The van der Waals surface area contributed by atoms with Crippen molar-refractivity contribution >= 4 is 0 Å². The lowest BCUT2D eigenvalue weighted by Gasteiger charge is -1.83. The minimum absolute atomic E-state index is 0.993. The van der Waals surface area contributed by atoms with Gasteiger partial charge in [-0.1, -0.05) is 20.8 Å². The molecule has 3 heterocycles. The van der Waals surface area contributed by atoms with Gasteiger partial charge in [-0.25, -0.2) is 0 Å². The van der Waals surface area contributed by atoms with Crippen LogP contribution in [0.3, 0.4) is 0 Å². The third-order valence-corrected chi connectivity index (χ3v) is 3.21. The van der Waals surface area contributed by atoms with E-state index in [1.807, 2.05) is 38.1 Å². The van der Waals surface area contributed by atoms with Crippen LogP contribution in [-0.4, -0.2) is 0 Å². The molecule has 0 N–H and O–H groups in total. The second kappa shape index (κ2) is 10.5. The zero-order valence-corrected chi connectivity index (χ0v) is 14.9. The maximum absolute atomic E-state index is 5.23. The average molecular weight is 316 g/mol. The standard InChI is InChI=1S/2C7H10O.C6H8O/c1-3-7-4-6(2)5-8-7;1-3-7-5-4-6(2)8-7;1-2-6-4-3-5-7-6/h2*4-5H,3H2,1-2H3;3-5H,2H2,1H3. The summed E-state index contributed by atoms with van der Waals surface area (Å²) in [6.07, 6.45) is 6.45. The topological polar surface area (TPSA) is 39.4 Å². The second-order valence-electron chi connectivity index (χ2n) is 5.24. The summed E-state index contributed by atoms with van der Waals surface area (Å²) in [4.78, 5) is 0. The molecular weight excluding hydrogens is 288 g/mol. The molecule has 0 fully saturated rings. The molecule has 126 valence electrons. The Morgan fingerprint density at radius 2 is 1.48 bits per heavy atom. The predicted molar refractivity (Wildman–Crippen MR) is 93.7 cm³/mol. The number of rotatable bonds is 3. The van der Waals surface area contributed by atoms with Crippen molar-refractivity contribution in [1.82, 2.24) is 0 Å². The first kappa shape index (κ1) is 18.9. The fourth-order valence-corrected chi connectivity index (χ4v) is 1.86. The molecule has 0 aliphatic carbocycles. The first-order valence-electron chi connectivity index (χ1n) is 8.20. The van der Waals surface area contributed by atoms with Crippen LogP contribution in [0, 0.1) is 13.8 Å². The van der Waals surface area contributed by atoms with Crippen LogP contribution in [0.2, 0.25) is 0 Å². The highest BCUT2D eigenvalue weighted by Crippen LogP contribution is 2.06. The smallest absolute Gasteiger partial charge is 0.103 e. The van der Waals surface area contributed by atoms with E-state index in [1.54, 1.807) is 12.5 Å². The number of aryl methyl sites for hydroxylation is 5. The Balaban J connectivity index is 0.000000173. The summed E-state index contributed by atoms with van der Waals surface area (Å²) in [5, 5.41) is 0. The van der Waals surface area contributed by atoms with E-state index >= 15 is 0 Å². The Bertz CT molecular complexity index is 589. The average Bonchev–Trinajstić information content (AvgIpc) is 3.29. The first-order valence-corrected chi connectivity index (χ1v) is 8.20. The molecule has 3 aromatic heterocycles. The lowest BCUT2D eigenvalue weighted by Crippen LogP contribution is -1.67. The molecule has 3 nitrogen and oxygen atoms in total. The van der Waals surface area contributed by atoms with E-state index in [0.717, 1.165) is 42.3 Å². The van der Waals surface area contributed by atoms with Crippen molar-refractivity contribution in [2.45, 2.75) is 53.9 Å². The molecule has 0 aromatic carbocycles. The van der Waals surface area contributed by atoms with Crippen LogP contribution >= 0.6 is 0 Å². The Labute approximate surface area is 139 Å². The fraction of sp³-hybridized carbons (Fsp3) is 0.400. The summed E-state index contributed by atoms with van der Waals surface area (Å²) in [6.45, 7) is 10.2. The van der Waals surface area contributed by atoms with Gasteiger partial charge in [0.1, 0.15) is 23.0 Å². The Kier molecular flexibility index (Phi) is 8.66. The van der Waals surface area contributed by atoms with Gasteiger partial charge >= 0.3 is 0 Å². The highest BCUT2D eigenvalue weighted by molar-refractivity contribution is 5.09. The van der Waals surface area contributed by atoms with Crippen molar-refractivity contribution in [3.05, 3.63) is 71.5 Å². The van der Waals surface area contributed by atoms with Crippen LogP contribution in [0.1, 0.15) is 49.4 Å². The van der Waals surface area contributed by atoms with Crippen LogP contribution in [0.5, 0.6) is 0 Å². The summed E-state index contributed by atoms with van der Waals surface area (Å²) >= 11 is 0. The summed E-state index contributed by atoms with van der Waals surface area (Å²) < 4.78 is 15.3. The summed E-state index contributed by atoms with van der Waals surface area (Å²) in [6, 6.07) is 9.92. The van der Waals surface area contributed by atoms with Gasteiger partial charge in [-0.2, -0.15) is 0 Å². The monoisotopic (exact) mass is 316 g/mol. The highest BCUT2D eigenvalue weighted by Gasteiger charge is 1.92. The third kappa shape index (κ3) is 7.59. The van der Waals surface area contributed by atoms with E-state index in [-0.39, 0.29) is 0 Å². The van der Waals surface area contributed by atoms with Gasteiger partial charge in [-0.3, -0.25) is 0 Å². The molecule has 0 atom stereocenters. The Morgan fingerprint density at radius 1 is 0.783 bits per heavy atom. The van der Waals surface area contributed by atoms with Crippen LogP contribution in [0.15, 0.2) is 56.1 Å². The molecule has 0 aliphatic rings. The largest absolute Gasteiger partial charge is 0.469 e. The Morgan fingerprint density at radius 3 is 1.74 bits per heavy atom. The number of furan rings is 3. The lowest BCUT2D eigenvalue weighted by molar-refractivity contribution is 0.489. The van der Waals surface area contributed by atoms with E-state index in [4.69, 9.17) is 13.3 Å². The second-order valence-corrected chi connectivity index (χ2v) is 5.24. The van der Waals surface area contributed by atoms with E-state index in [0.29, 0.717) is 0 Å². The van der Waals surface area contributed by atoms with Crippen molar-refractivity contribution in [2.75, 3.05) is 0 Å². The highest BCUT2D eigenvalue weighted by atomic mass is 16.3. The summed E-state index contributed by atoms with van der Waals surface area (Å²) in [5.74, 6) is 4.20. The third-order valence-electron chi connectivity index (χ3n) is 3.21. The van der Waals surface area contributed by atoms with Gasteiger partial charge in [0.05, 0.1) is 12.5 Å². The fourth-order valence-electron chi connectivity index (χ4n) is 1.86. The number of hydrogen-bond donors (Lipinski definition) is 0. The van der Waals surface area contributed by atoms with Crippen molar-refractivity contribution < 1.29 is 13.3 Å². The molecule has 0 radical (unpaired) electrons. The van der Waals surface area contributed by atoms with E-state index in [2.05, 4.69) is 26.8 Å². The van der Waals surface area contributed by atoms with E-state index in [1.165, 1.54) is 5.56 Å². The van der Waals surface area contributed by atoms with Crippen molar-refractivity contribution in [3.8, 4) is 0 Å². The maximum Gasteiger partial charge on any atom is 0.103 e. The van der Waals surface area contributed by atoms with Gasteiger partial charge in [-0.15, -0.1) is 0 Å². The zero-order chi connectivity index (χ0) is 17.1. The molecule has 0 saturated carbocycles. The lowest BCUT2D eigenvalue weighted by atomic mass is 10.3. The minimum Gasteiger partial charge on any atom is -0.469 e. The molecule has 3 rings (SSSR count). The van der Waals surface area contributed by atoms with Gasteiger partial charge < -0.3 is 13.3 Å². The number of hydrogen-bond acceptors (Lipinski definition) is 3. The quantitative estimate of drug-likeness (QED) is 0.582. The minimum atomic E-state index is 0.993.